The van der Waals surface area contributed by atoms with E-state index in [1.54, 1.807) is 7.11 Å². The molecule has 0 saturated carbocycles. The number of hydrogen-bond donors (Lipinski definition) is 8. The number of nitrogens with zero attached hydrogens (tertiary/aromatic N) is 4. The number of aryl methyl sites for hydroxylation is 2. The van der Waals surface area contributed by atoms with Crippen LogP contribution in [0.1, 0.15) is 140 Å². The zero-order chi connectivity index (χ0) is 79.0. The summed E-state index contributed by atoms with van der Waals surface area (Å²) in [6.07, 6.45) is 13.0. The van der Waals surface area contributed by atoms with E-state index in [9.17, 15) is 28.8 Å². The zero-order valence-corrected chi connectivity index (χ0v) is 67.7. The topological polar surface area (TPSA) is 287 Å². The van der Waals surface area contributed by atoms with Crippen LogP contribution in [-0.4, -0.2) is 223 Å². The molecule has 8 N–H and O–H groups in total. The zero-order valence-electron chi connectivity index (χ0n) is 67.7. The van der Waals surface area contributed by atoms with Crippen molar-refractivity contribution < 1.29 is 75.8 Å². The monoisotopic (exact) mass is 1540 g/mol. The number of unbranched alkanes of at least 4 members (excludes halogenated alkanes) is 4. The maximum atomic E-state index is 12.5. The molecule has 6 amide bonds. The Hall–Kier alpha value is -7.76. The van der Waals surface area contributed by atoms with Gasteiger partial charge in [0.2, 0.25) is 57.5 Å². The van der Waals surface area contributed by atoms with Gasteiger partial charge >= 0.3 is 0 Å². The number of amides is 6. The van der Waals surface area contributed by atoms with Gasteiger partial charge in [-0.05, 0) is 144 Å². The molecule has 6 aromatic rings. The number of fused-ring (bicyclic) bond motifs is 4. The van der Waals surface area contributed by atoms with Crippen molar-refractivity contribution in [2.24, 2.45) is 0 Å². The van der Waals surface area contributed by atoms with Gasteiger partial charge in [-0.2, -0.15) is 9.13 Å². The van der Waals surface area contributed by atoms with Gasteiger partial charge in [0.15, 0.2) is 0 Å². The largest absolute Gasteiger partial charge is 0.382 e. The van der Waals surface area contributed by atoms with Gasteiger partial charge in [-0.25, -0.2) is 0 Å². The molecule has 2 aromatic heterocycles. The van der Waals surface area contributed by atoms with Crippen LogP contribution in [0.2, 0.25) is 0 Å². The van der Waals surface area contributed by atoms with Crippen molar-refractivity contribution in [2.45, 2.75) is 155 Å². The van der Waals surface area contributed by atoms with E-state index in [4.69, 9.17) is 37.9 Å². The maximum Gasteiger partial charge on any atom is 0.220 e. The lowest BCUT2D eigenvalue weighted by Crippen LogP contribution is -2.36. The van der Waals surface area contributed by atoms with Crippen molar-refractivity contribution in [3.05, 3.63) is 96.1 Å². The number of carbonyl (C=O) groups is 6. The number of carbonyl (C=O) groups excluding carboxylic acids is 6. The number of hydrogen-bond acceptors (Lipinski definition) is 18. The molecule has 0 aliphatic rings. The number of anilines is 2. The molecule has 0 fully saturated rings. The molecule has 0 atom stereocenters. The first-order valence-electron chi connectivity index (χ1n) is 40.2. The molecule has 0 saturated heterocycles. The van der Waals surface area contributed by atoms with Gasteiger partial charge in [0.1, 0.15) is 13.1 Å². The average molecular weight is 1540 g/mol. The Labute approximate surface area is 654 Å². The summed E-state index contributed by atoms with van der Waals surface area (Å²) in [6.45, 7) is 16.4. The fourth-order valence-corrected chi connectivity index (χ4v) is 12.2. The highest BCUT2D eigenvalue weighted by Crippen LogP contribution is 2.27. The normalized spacial score (nSPS) is 11.3. The minimum Gasteiger partial charge on any atom is -0.382 e. The van der Waals surface area contributed by atoms with Gasteiger partial charge in [0, 0.05) is 223 Å². The van der Waals surface area contributed by atoms with Crippen LogP contribution in [0.25, 0.3) is 43.6 Å². The smallest absolute Gasteiger partial charge is 0.220 e. The van der Waals surface area contributed by atoms with Gasteiger partial charge in [-0.1, -0.05) is 19.1 Å². The Morgan fingerprint density at radius 2 is 0.618 bits per heavy atom. The highest BCUT2D eigenvalue weighted by atomic mass is 16.6. The highest BCUT2D eigenvalue weighted by molar-refractivity contribution is 5.92. The predicted molar refractivity (Wildman–Crippen MR) is 437 cm³/mol. The summed E-state index contributed by atoms with van der Waals surface area (Å²) in [7, 11) is 13.8. The molecule has 0 bridgehead atoms. The molecule has 0 spiro atoms. The summed E-state index contributed by atoms with van der Waals surface area (Å²) < 4.78 is 48.5. The number of aromatic nitrogens is 2. The van der Waals surface area contributed by atoms with Gasteiger partial charge in [0.05, 0.1) is 72.7 Å². The van der Waals surface area contributed by atoms with Gasteiger partial charge in [-0.15, -0.1) is 0 Å². The molecular formula is C84H134N12O14+2. The number of rotatable bonds is 62. The van der Waals surface area contributed by atoms with Crippen LogP contribution in [0.3, 0.4) is 0 Å². The number of nitrogens with one attached hydrogen (secondary N) is 8. The van der Waals surface area contributed by atoms with Crippen molar-refractivity contribution in [2.75, 3.05) is 198 Å². The second kappa shape index (κ2) is 58.2. The van der Waals surface area contributed by atoms with Gasteiger partial charge in [-0.3, -0.25) is 28.8 Å². The summed E-state index contributed by atoms with van der Waals surface area (Å²) in [6, 6.07) is 31.3. The Kier molecular flexibility index (Phi) is 49.1. The first kappa shape index (κ1) is 92.8. The summed E-state index contributed by atoms with van der Waals surface area (Å²) >= 11 is 0. The minimum atomic E-state index is -0.0841. The van der Waals surface area contributed by atoms with E-state index in [1.165, 1.54) is 66.1 Å². The Morgan fingerprint density at radius 3 is 0.955 bits per heavy atom. The molecule has 0 radical (unpaired) electrons. The molecule has 110 heavy (non-hydrogen) atoms. The maximum absolute atomic E-state index is 12.5. The van der Waals surface area contributed by atoms with E-state index in [1.807, 2.05) is 21.0 Å². The van der Waals surface area contributed by atoms with Crippen LogP contribution < -0.4 is 61.5 Å². The first-order chi connectivity index (χ1) is 53.6. The third-order valence-electron chi connectivity index (χ3n) is 18.2. The summed E-state index contributed by atoms with van der Waals surface area (Å²) in [5, 5.41) is 28.8. The van der Waals surface area contributed by atoms with Crippen molar-refractivity contribution >= 4 is 90.4 Å². The van der Waals surface area contributed by atoms with E-state index in [0.29, 0.717) is 196 Å². The predicted octanol–water partition coefficient (Wildman–Crippen LogP) is 8.02. The van der Waals surface area contributed by atoms with Crippen LogP contribution in [0, 0.1) is 0 Å². The SMILES string of the molecule is CCCNC(=O)CCCC(=O)NCCCOCCOCCOCCCNC(=O)CCCCC[n+]1c2cc(CNC)ccc2cc2ccc(CNC)cc21.COCCOCCNC(=O)CCCC(=O)NCCCOCCOCCOCCCNC(=O)CCCCC[n+]1c2cc(N(C)C)ccc2cc2ccc(N(C)C)cc21. The Bertz CT molecular complexity index is 3470. The van der Waals surface area contributed by atoms with Crippen LogP contribution in [0.5, 0.6) is 0 Å². The van der Waals surface area contributed by atoms with Crippen molar-refractivity contribution in [3.8, 4) is 0 Å². The minimum absolute atomic E-state index is 0.000718. The number of benzene rings is 4. The third-order valence-corrected chi connectivity index (χ3v) is 18.2. The van der Waals surface area contributed by atoms with Crippen LogP contribution >= 0.6 is 0 Å². The van der Waals surface area contributed by atoms with E-state index in [0.717, 1.165) is 90.4 Å². The van der Waals surface area contributed by atoms with Crippen LogP contribution in [-0.2, 0) is 92.8 Å². The second-order valence-corrected chi connectivity index (χ2v) is 27.8. The van der Waals surface area contributed by atoms with Gasteiger partial charge in [0.25, 0.3) is 0 Å². The number of methoxy groups -OCH3 is 1. The fourth-order valence-electron chi connectivity index (χ4n) is 12.2. The molecule has 612 valence electrons. The van der Waals surface area contributed by atoms with Crippen LogP contribution in [0.4, 0.5) is 11.4 Å². The average Bonchev–Trinajstić information content (AvgIpc) is 0.777. The molecule has 0 unspecified atom stereocenters. The molecular weight excluding hydrogens is 1400 g/mol. The van der Waals surface area contributed by atoms with Crippen molar-refractivity contribution in [1.29, 1.82) is 0 Å². The first-order valence-corrected chi connectivity index (χ1v) is 40.2. The standard InChI is InChI=1S/C43H68N6O8.C41H64N6O6/c1-47(2)37-17-15-35-32-36-16-18-38(48(3)4)34-40(36)49(39(35)33-37)22-8-6-7-12-41(50)44-19-10-23-54-28-30-57-31-29-55-24-11-20-45-42(51)13-9-14-43(52)46-21-25-56-27-26-53-5;1-4-18-44-40(49)12-8-13-41(50)46-20-10-23-52-25-27-53-26-24-51-22-9-19-45-39(48)11-6-5-7-21-47-37-28-33(31-42-2)14-16-35(37)30-36-17-15-34(32-43-3)29-38(36)47/h15-18,32-34H,6-14,19-31H2,1-5H3,(H2-,44,45,46,50,51,52);14-17,28-30,42-43H,4-13,18-27,31-32H2,1-3H3,(H2-,44,45,46,48,49,50)/p+2. The van der Waals surface area contributed by atoms with Gasteiger partial charge < -0.3 is 90.2 Å². The quantitative estimate of drug-likeness (QED) is 0.0102. The molecule has 26 nitrogen and oxygen atoms in total. The van der Waals surface area contributed by atoms with E-state index < -0.39 is 0 Å². The Balaban J connectivity index is 0.000000395. The van der Waals surface area contributed by atoms with E-state index in [2.05, 4.69) is 175 Å². The van der Waals surface area contributed by atoms with Crippen molar-refractivity contribution in [3.63, 3.8) is 0 Å². The Morgan fingerprint density at radius 1 is 0.318 bits per heavy atom. The molecule has 2 heterocycles. The lowest BCUT2D eigenvalue weighted by molar-refractivity contribution is -0.646. The fraction of sp³-hybridized carbons (Fsp3) is 0.619. The van der Waals surface area contributed by atoms with E-state index in [-0.39, 0.29) is 35.4 Å². The second-order valence-electron chi connectivity index (χ2n) is 27.8. The molecule has 4 aromatic carbocycles. The van der Waals surface area contributed by atoms with Crippen LogP contribution in [0.15, 0.2) is 84.9 Å². The molecule has 0 aliphatic carbocycles. The summed E-state index contributed by atoms with van der Waals surface area (Å²) in [4.78, 5) is 76.3. The third kappa shape index (κ3) is 39.4. The number of ether oxygens (including phenoxy) is 8. The van der Waals surface area contributed by atoms with Crippen molar-refractivity contribution in [1.82, 2.24) is 42.5 Å². The van der Waals surface area contributed by atoms with E-state index >= 15 is 0 Å². The summed E-state index contributed by atoms with van der Waals surface area (Å²) in [5.74, 6) is -0.00736. The molecule has 0 aliphatic heterocycles. The summed E-state index contributed by atoms with van der Waals surface area (Å²) in [5.41, 5.74) is 9.83. The highest BCUT2D eigenvalue weighted by Gasteiger charge is 2.20. The number of pyridine rings is 2. The lowest BCUT2D eigenvalue weighted by atomic mass is 10.0. The molecule has 26 heteroatoms. The molecule has 6 rings (SSSR count). The lowest BCUT2D eigenvalue weighted by Gasteiger charge is -2.15.